The summed E-state index contributed by atoms with van der Waals surface area (Å²) in [5.41, 5.74) is 0. The van der Waals surface area contributed by atoms with Crippen molar-refractivity contribution in [3.8, 4) is 12.3 Å². The third-order valence-electron chi connectivity index (χ3n) is 2.09. The number of rotatable bonds is 4. The Morgan fingerprint density at radius 1 is 1.59 bits per heavy atom. The molecule has 0 aliphatic carbocycles. The molecular weight excluding hydrogens is 265 g/mol. The van der Waals surface area contributed by atoms with Crippen LogP contribution >= 0.6 is 11.6 Å². The van der Waals surface area contributed by atoms with Gasteiger partial charge in [0.1, 0.15) is 10.7 Å². The van der Waals surface area contributed by atoms with Gasteiger partial charge in [-0.25, -0.2) is 12.8 Å². The van der Waals surface area contributed by atoms with E-state index in [9.17, 15) is 12.8 Å². The van der Waals surface area contributed by atoms with E-state index >= 15 is 0 Å². The normalized spacial score (nSPS) is 13.1. The van der Waals surface area contributed by atoms with Gasteiger partial charge in [0.25, 0.3) is 0 Å². The van der Waals surface area contributed by atoms with E-state index < -0.39 is 21.9 Å². The molecule has 1 N–H and O–H groups in total. The molecule has 0 amide bonds. The van der Waals surface area contributed by atoms with E-state index in [0.717, 1.165) is 12.1 Å². The average molecular weight is 276 g/mol. The quantitative estimate of drug-likeness (QED) is 0.856. The Hall–Kier alpha value is -1.09. The Morgan fingerprint density at radius 2 is 2.24 bits per heavy atom. The van der Waals surface area contributed by atoms with Crippen LogP contribution in [0.5, 0.6) is 0 Å². The fourth-order valence-electron chi connectivity index (χ4n) is 1.17. The standard InChI is InChI=1S/C11H11ClFNO2S/c1-3-9(4-2)14-17(15,16)11-7-8(13)5-6-10(11)12/h1,5-7,9,14H,4H2,2H3. The van der Waals surface area contributed by atoms with E-state index in [1.165, 1.54) is 6.07 Å². The minimum atomic E-state index is -3.90. The zero-order chi connectivity index (χ0) is 13.1. The molecule has 0 bridgehead atoms. The number of halogens is 2. The van der Waals surface area contributed by atoms with Crippen molar-refractivity contribution in [2.24, 2.45) is 0 Å². The van der Waals surface area contributed by atoms with Gasteiger partial charge in [0, 0.05) is 0 Å². The van der Waals surface area contributed by atoms with Crippen LogP contribution < -0.4 is 4.72 Å². The van der Waals surface area contributed by atoms with Crippen molar-refractivity contribution >= 4 is 21.6 Å². The highest BCUT2D eigenvalue weighted by molar-refractivity contribution is 7.89. The minimum absolute atomic E-state index is 0.0502. The molecule has 0 saturated carbocycles. The lowest BCUT2D eigenvalue weighted by atomic mass is 10.3. The maximum atomic E-state index is 13.0. The van der Waals surface area contributed by atoms with Crippen molar-refractivity contribution in [2.75, 3.05) is 0 Å². The Labute approximate surface area is 105 Å². The molecule has 0 aliphatic heterocycles. The van der Waals surface area contributed by atoms with Crippen molar-refractivity contribution in [3.63, 3.8) is 0 Å². The van der Waals surface area contributed by atoms with Crippen LogP contribution in [0, 0.1) is 18.2 Å². The van der Waals surface area contributed by atoms with Crippen molar-refractivity contribution in [1.29, 1.82) is 0 Å². The number of terminal acetylenes is 1. The lowest BCUT2D eigenvalue weighted by Crippen LogP contribution is -2.33. The molecule has 0 heterocycles. The average Bonchev–Trinajstić information content (AvgIpc) is 2.29. The first-order valence-electron chi connectivity index (χ1n) is 4.84. The monoisotopic (exact) mass is 275 g/mol. The lowest BCUT2D eigenvalue weighted by Gasteiger charge is -2.12. The molecule has 1 unspecified atom stereocenters. The zero-order valence-electron chi connectivity index (χ0n) is 9.07. The van der Waals surface area contributed by atoms with E-state index in [0.29, 0.717) is 6.42 Å². The van der Waals surface area contributed by atoms with Gasteiger partial charge in [-0.1, -0.05) is 24.4 Å². The molecule has 0 aromatic heterocycles. The Balaban J connectivity index is 3.14. The highest BCUT2D eigenvalue weighted by atomic mass is 35.5. The first kappa shape index (κ1) is 14.0. The Morgan fingerprint density at radius 3 is 2.76 bits per heavy atom. The molecule has 92 valence electrons. The maximum Gasteiger partial charge on any atom is 0.243 e. The first-order chi connectivity index (χ1) is 7.90. The molecule has 3 nitrogen and oxygen atoms in total. The highest BCUT2D eigenvalue weighted by Gasteiger charge is 2.21. The third-order valence-corrected chi connectivity index (χ3v) is 4.04. The number of sulfonamides is 1. The maximum absolute atomic E-state index is 13.0. The summed E-state index contributed by atoms with van der Waals surface area (Å²) in [5, 5.41) is -0.0502. The summed E-state index contributed by atoms with van der Waals surface area (Å²) in [5.74, 6) is 1.61. The summed E-state index contributed by atoms with van der Waals surface area (Å²) in [6.07, 6.45) is 5.59. The topological polar surface area (TPSA) is 46.2 Å². The molecule has 0 fully saturated rings. The molecule has 6 heteroatoms. The molecule has 1 rings (SSSR count). The molecular formula is C11H11ClFNO2S. The van der Waals surface area contributed by atoms with Gasteiger partial charge in [-0.3, -0.25) is 0 Å². The summed E-state index contributed by atoms with van der Waals surface area (Å²) in [6, 6.07) is 2.48. The van der Waals surface area contributed by atoms with Crippen LogP contribution in [0.1, 0.15) is 13.3 Å². The van der Waals surface area contributed by atoms with E-state index in [4.69, 9.17) is 18.0 Å². The minimum Gasteiger partial charge on any atom is -0.207 e. The number of benzene rings is 1. The van der Waals surface area contributed by atoms with E-state index in [-0.39, 0.29) is 9.92 Å². The smallest absolute Gasteiger partial charge is 0.207 e. The van der Waals surface area contributed by atoms with Gasteiger partial charge in [0.2, 0.25) is 10.0 Å². The number of nitrogens with one attached hydrogen (secondary N) is 1. The Bertz CT molecular complexity index is 551. The molecule has 0 aliphatic rings. The third kappa shape index (κ3) is 3.43. The largest absolute Gasteiger partial charge is 0.243 e. The van der Waals surface area contributed by atoms with Crippen LogP contribution in [-0.4, -0.2) is 14.5 Å². The second-order valence-corrected chi connectivity index (χ2v) is 5.41. The van der Waals surface area contributed by atoms with Crippen LogP contribution in [0.2, 0.25) is 5.02 Å². The summed E-state index contributed by atoms with van der Waals surface area (Å²) < 4.78 is 39.0. The summed E-state index contributed by atoms with van der Waals surface area (Å²) >= 11 is 5.71. The van der Waals surface area contributed by atoms with E-state index in [1.807, 2.05) is 0 Å². The van der Waals surface area contributed by atoms with Gasteiger partial charge in [-0.15, -0.1) is 6.42 Å². The number of hydrogen-bond donors (Lipinski definition) is 1. The lowest BCUT2D eigenvalue weighted by molar-refractivity contribution is 0.567. The molecule has 1 atom stereocenters. The van der Waals surface area contributed by atoms with Gasteiger partial charge in [-0.05, 0) is 24.6 Å². The van der Waals surface area contributed by atoms with Gasteiger partial charge < -0.3 is 0 Å². The van der Waals surface area contributed by atoms with Crippen LogP contribution in [-0.2, 0) is 10.0 Å². The van der Waals surface area contributed by atoms with E-state index in [1.54, 1.807) is 6.92 Å². The first-order valence-corrected chi connectivity index (χ1v) is 6.70. The molecule has 0 radical (unpaired) electrons. The summed E-state index contributed by atoms with van der Waals surface area (Å²) in [6.45, 7) is 1.74. The van der Waals surface area contributed by atoms with Crippen molar-refractivity contribution in [1.82, 2.24) is 4.72 Å². The second-order valence-electron chi connectivity index (χ2n) is 3.32. The predicted molar refractivity (Wildman–Crippen MR) is 64.6 cm³/mol. The van der Waals surface area contributed by atoms with Crippen LogP contribution in [0.25, 0.3) is 0 Å². The van der Waals surface area contributed by atoms with Gasteiger partial charge in [0.15, 0.2) is 0 Å². The van der Waals surface area contributed by atoms with Gasteiger partial charge >= 0.3 is 0 Å². The molecule has 0 spiro atoms. The van der Waals surface area contributed by atoms with Crippen LogP contribution in [0.3, 0.4) is 0 Å². The van der Waals surface area contributed by atoms with Gasteiger partial charge in [0.05, 0.1) is 11.1 Å². The van der Waals surface area contributed by atoms with Crippen LogP contribution in [0.4, 0.5) is 4.39 Å². The van der Waals surface area contributed by atoms with Crippen molar-refractivity contribution < 1.29 is 12.8 Å². The molecule has 1 aromatic carbocycles. The fourth-order valence-corrected chi connectivity index (χ4v) is 2.92. The van der Waals surface area contributed by atoms with E-state index in [2.05, 4.69) is 10.6 Å². The second kappa shape index (κ2) is 5.50. The fraction of sp³-hybridized carbons (Fsp3) is 0.273. The SMILES string of the molecule is C#CC(CC)NS(=O)(=O)c1cc(F)ccc1Cl. The summed E-state index contributed by atoms with van der Waals surface area (Å²) in [4.78, 5) is -0.312. The number of hydrogen-bond acceptors (Lipinski definition) is 2. The Kier molecular flexibility index (Phi) is 4.52. The van der Waals surface area contributed by atoms with Crippen LogP contribution in [0.15, 0.2) is 23.1 Å². The predicted octanol–water partition coefficient (Wildman–Crippen LogP) is 2.17. The molecule has 17 heavy (non-hydrogen) atoms. The van der Waals surface area contributed by atoms with Crippen molar-refractivity contribution in [2.45, 2.75) is 24.3 Å². The molecule has 1 aromatic rings. The van der Waals surface area contributed by atoms with Gasteiger partial charge in [-0.2, -0.15) is 4.72 Å². The summed E-state index contributed by atoms with van der Waals surface area (Å²) in [7, 11) is -3.90. The zero-order valence-corrected chi connectivity index (χ0v) is 10.6. The highest BCUT2D eigenvalue weighted by Crippen LogP contribution is 2.22. The van der Waals surface area contributed by atoms with Crippen molar-refractivity contribution in [3.05, 3.63) is 29.0 Å². The molecule has 0 saturated heterocycles.